The van der Waals surface area contributed by atoms with Crippen LogP contribution in [0.3, 0.4) is 0 Å². The van der Waals surface area contributed by atoms with Gasteiger partial charge < -0.3 is 9.32 Å². The molecule has 9 aromatic rings. The number of aromatic nitrogens is 1. The molecule has 0 atom stereocenters. The van der Waals surface area contributed by atoms with Gasteiger partial charge in [0.05, 0.1) is 5.69 Å². The fourth-order valence-electron chi connectivity index (χ4n) is 7.95. The third-order valence-corrected chi connectivity index (χ3v) is 10.9. The summed E-state index contributed by atoms with van der Waals surface area (Å²) in [7, 11) is 0. The van der Waals surface area contributed by atoms with Gasteiger partial charge in [-0.1, -0.05) is 152 Å². The lowest BCUT2D eigenvalue weighted by molar-refractivity contribution is 0.618. The molecule has 0 spiro atoms. The van der Waals surface area contributed by atoms with Crippen LogP contribution in [0.25, 0.3) is 67.6 Å². The van der Waals surface area contributed by atoms with Gasteiger partial charge in [-0.3, -0.25) is 0 Å². The maximum atomic E-state index is 6.39. The van der Waals surface area contributed by atoms with E-state index in [1.807, 2.05) is 30.3 Å². The minimum Gasteiger partial charge on any atom is -0.435 e. The zero-order chi connectivity index (χ0) is 37.3. The average molecular weight is 719 g/mol. The smallest absolute Gasteiger partial charge is 0.227 e. The summed E-state index contributed by atoms with van der Waals surface area (Å²) in [5, 5.41) is 0. The quantitative estimate of drug-likeness (QED) is 0.157. The van der Waals surface area contributed by atoms with E-state index in [9.17, 15) is 0 Å². The van der Waals surface area contributed by atoms with Gasteiger partial charge in [0.1, 0.15) is 5.52 Å². The normalized spacial score (nSPS) is 12.2. The fraction of sp³-hybridized carbons (Fsp3) is 0.0377. The summed E-state index contributed by atoms with van der Waals surface area (Å²) >= 11 is 0. The lowest BCUT2D eigenvalue weighted by Crippen LogP contribution is -2.11. The zero-order valence-electron chi connectivity index (χ0n) is 30.8. The van der Waals surface area contributed by atoms with E-state index >= 15 is 0 Å². The minimum absolute atomic E-state index is 0.661. The number of oxazole rings is 1. The first-order valence-corrected chi connectivity index (χ1v) is 19.2. The van der Waals surface area contributed by atoms with Crippen LogP contribution in [0.5, 0.6) is 0 Å². The molecular formula is C53H38N2O. The van der Waals surface area contributed by atoms with Crippen molar-refractivity contribution in [2.24, 2.45) is 0 Å². The van der Waals surface area contributed by atoms with Gasteiger partial charge >= 0.3 is 0 Å². The Balaban J connectivity index is 0.963. The van der Waals surface area contributed by atoms with Crippen LogP contribution in [0.4, 0.5) is 17.1 Å². The number of nitrogens with zero attached hydrogens (tertiary/aromatic N) is 2. The Kier molecular flexibility index (Phi) is 8.66. The first kappa shape index (κ1) is 33.3. The molecule has 0 N–H and O–H groups in total. The van der Waals surface area contributed by atoms with Crippen LogP contribution in [0.1, 0.15) is 23.1 Å². The van der Waals surface area contributed by atoms with Crippen LogP contribution in [0, 0.1) is 0 Å². The van der Waals surface area contributed by atoms with Gasteiger partial charge in [0.15, 0.2) is 5.58 Å². The van der Waals surface area contributed by atoms with Gasteiger partial charge in [-0.2, -0.15) is 0 Å². The lowest BCUT2D eigenvalue weighted by Gasteiger charge is -2.28. The molecule has 0 radical (unpaired) electrons. The minimum atomic E-state index is 0.661. The van der Waals surface area contributed by atoms with Crippen molar-refractivity contribution >= 4 is 39.8 Å². The van der Waals surface area contributed by atoms with Crippen molar-refractivity contribution < 1.29 is 4.42 Å². The van der Waals surface area contributed by atoms with E-state index in [1.54, 1.807) is 0 Å². The molecule has 10 rings (SSSR count). The molecule has 266 valence electrons. The number of anilines is 3. The van der Waals surface area contributed by atoms with E-state index in [1.165, 1.54) is 50.1 Å². The van der Waals surface area contributed by atoms with E-state index in [4.69, 9.17) is 9.40 Å². The van der Waals surface area contributed by atoms with Crippen molar-refractivity contribution in [2.75, 3.05) is 4.90 Å². The van der Waals surface area contributed by atoms with Gasteiger partial charge in [-0.25, -0.2) is 4.98 Å². The van der Waals surface area contributed by atoms with Crippen molar-refractivity contribution in [1.82, 2.24) is 4.98 Å². The molecule has 3 nitrogen and oxygen atoms in total. The highest BCUT2D eigenvalue weighted by Gasteiger charge is 2.20. The molecule has 0 bridgehead atoms. The molecule has 0 aliphatic heterocycles. The molecule has 1 aliphatic rings. The van der Waals surface area contributed by atoms with Crippen molar-refractivity contribution in [3.63, 3.8) is 0 Å². The van der Waals surface area contributed by atoms with Crippen LogP contribution < -0.4 is 4.90 Å². The number of fused-ring (bicyclic) bond motifs is 3. The van der Waals surface area contributed by atoms with E-state index in [0.29, 0.717) is 5.89 Å². The third kappa shape index (κ3) is 6.40. The molecule has 0 saturated carbocycles. The van der Waals surface area contributed by atoms with Gasteiger partial charge in [-0.05, 0) is 112 Å². The van der Waals surface area contributed by atoms with E-state index < -0.39 is 0 Å². The van der Waals surface area contributed by atoms with Gasteiger partial charge in [-0.15, -0.1) is 0 Å². The monoisotopic (exact) mass is 718 g/mol. The molecule has 1 aliphatic carbocycles. The number of hydrogen-bond acceptors (Lipinski definition) is 3. The van der Waals surface area contributed by atoms with Crippen molar-refractivity contribution in [2.45, 2.75) is 12.8 Å². The SMILES string of the molecule is C1=C(c2ccc(-c3ccc(N(c4ccc(-c5ccccc5)cc4)c4ccccc4-c4ccccc4)cc3)cc2)CCc2ccc3nc(-c4ccccc4)oc3c21. The third-order valence-electron chi connectivity index (χ3n) is 10.9. The Morgan fingerprint density at radius 1 is 0.411 bits per heavy atom. The zero-order valence-corrected chi connectivity index (χ0v) is 30.8. The number of rotatable bonds is 8. The summed E-state index contributed by atoms with van der Waals surface area (Å²) in [6.45, 7) is 0. The number of benzene rings is 8. The molecule has 56 heavy (non-hydrogen) atoms. The second-order valence-corrected chi connectivity index (χ2v) is 14.3. The number of hydrogen-bond donors (Lipinski definition) is 0. The summed E-state index contributed by atoms with van der Waals surface area (Å²) in [5.74, 6) is 0.661. The predicted molar refractivity (Wildman–Crippen MR) is 233 cm³/mol. The Hall–Kier alpha value is -7.23. The predicted octanol–water partition coefficient (Wildman–Crippen LogP) is 14.5. The summed E-state index contributed by atoms with van der Waals surface area (Å²) in [6.07, 6.45) is 4.26. The van der Waals surface area contributed by atoms with E-state index in [2.05, 4.69) is 181 Å². The molecule has 1 aromatic heterocycles. The highest BCUT2D eigenvalue weighted by atomic mass is 16.3. The second-order valence-electron chi connectivity index (χ2n) is 14.3. The molecule has 0 unspecified atom stereocenters. The molecular weight excluding hydrogens is 681 g/mol. The first-order chi connectivity index (χ1) is 27.7. The maximum Gasteiger partial charge on any atom is 0.227 e. The van der Waals surface area contributed by atoms with Crippen LogP contribution in [0.2, 0.25) is 0 Å². The van der Waals surface area contributed by atoms with Crippen LogP contribution in [-0.4, -0.2) is 4.98 Å². The summed E-state index contributed by atoms with van der Waals surface area (Å²) < 4.78 is 6.39. The van der Waals surface area contributed by atoms with Crippen molar-refractivity contribution in [1.29, 1.82) is 0 Å². The second kappa shape index (κ2) is 14.5. The maximum absolute atomic E-state index is 6.39. The lowest BCUT2D eigenvalue weighted by atomic mass is 9.88. The van der Waals surface area contributed by atoms with Gasteiger partial charge in [0.25, 0.3) is 0 Å². The van der Waals surface area contributed by atoms with Gasteiger partial charge in [0, 0.05) is 28.1 Å². The Bertz CT molecular complexity index is 2800. The number of para-hydroxylation sites is 1. The highest BCUT2D eigenvalue weighted by Crippen LogP contribution is 2.42. The Morgan fingerprint density at radius 2 is 0.911 bits per heavy atom. The van der Waals surface area contributed by atoms with Crippen molar-refractivity contribution in [3.8, 4) is 44.8 Å². The molecule has 0 amide bonds. The van der Waals surface area contributed by atoms with Crippen LogP contribution >= 0.6 is 0 Å². The molecule has 1 heterocycles. The fourth-order valence-corrected chi connectivity index (χ4v) is 7.95. The van der Waals surface area contributed by atoms with Crippen LogP contribution in [-0.2, 0) is 6.42 Å². The van der Waals surface area contributed by atoms with Crippen LogP contribution in [0.15, 0.2) is 205 Å². The molecule has 0 fully saturated rings. The summed E-state index contributed by atoms with van der Waals surface area (Å²) in [4.78, 5) is 7.19. The topological polar surface area (TPSA) is 29.3 Å². The summed E-state index contributed by atoms with van der Waals surface area (Å²) in [5.41, 5.74) is 18.2. The first-order valence-electron chi connectivity index (χ1n) is 19.2. The Morgan fingerprint density at radius 3 is 1.54 bits per heavy atom. The standard InChI is InChI=1S/C53H38N2O/c1-4-12-37(13-5-1)39-26-31-46(32-27-39)55(51-19-11-10-18-48(51)42-14-6-2-7-15-42)47-33-28-40(29-34-47)38-20-22-41(23-21-38)45-25-24-43-30-35-50-52(49(43)36-45)56-53(54-50)44-16-8-3-9-17-44/h1-23,26-36H,24-25H2. The van der Waals surface area contributed by atoms with E-state index in [0.717, 1.165) is 52.1 Å². The molecule has 0 saturated heterocycles. The van der Waals surface area contributed by atoms with E-state index in [-0.39, 0.29) is 0 Å². The summed E-state index contributed by atoms with van der Waals surface area (Å²) in [6, 6.07) is 71.1. The Labute approximate surface area is 327 Å². The average Bonchev–Trinajstić information content (AvgIpc) is 3.74. The molecule has 8 aromatic carbocycles. The highest BCUT2D eigenvalue weighted by molar-refractivity contribution is 5.95. The van der Waals surface area contributed by atoms with Gasteiger partial charge in [0.2, 0.25) is 5.89 Å². The van der Waals surface area contributed by atoms with Crippen molar-refractivity contribution in [3.05, 3.63) is 217 Å². The number of allylic oxidation sites excluding steroid dienone is 1. The largest absolute Gasteiger partial charge is 0.435 e. The molecule has 3 heteroatoms. The number of aryl methyl sites for hydroxylation is 1.